The number of methoxy groups -OCH3 is 1. The maximum absolute atomic E-state index is 10.2. The zero-order valence-electron chi connectivity index (χ0n) is 7.02. The summed E-state index contributed by atoms with van der Waals surface area (Å²) in [5, 5.41) is 10.9. The Labute approximate surface area is 74.9 Å². The van der Waals surface area contributed by atoms with Gasteiger partial charge in [0, 0.05) is 6.07 Å². The number of benzene rings is 1. The summed E-state index contributed by atoms with van der Waals surface area (Å²) >= 11 is 0. The van der Waals surface area contributed by atoms with E-state index in [-0.39, 0.29) is 0 Å². The second kappa shape index (κ2) is 4.07. The van der Waals surface area contributed by atoms with Crippen molar-refractivity contribution >= 4 is 17.8 Å². The molecule has 0 saturated carbocycles. The van der Waals surface area contributed by atoms with E-state index in [1.165, 1.54) is 13.2 Å². The minimum Gasteiger partial charge on any atom is -0.495 e. The average Bonchev–Trinajstić information content (AvgIpc) is 2.18. The van der Waals surface area contributed by atoms with Gasteiger partial charge in [-0.2, -0.15) is 0 Å². The smallest absolute Gasteiger partial charge is 0.387 e. The zero-order valence-corrected chi connectivity index (χ0v) is 7.02. The molecule has 0 aliphatic rings. The van der Waals surface area contributed by atoms with Crippen molar-refractivity contribution < 1.29 is 9.53 Å². The van der Waals surface area contributed by atoms with E-state index in [4.69, 9.17) is 10.1 Å². The molecule has 0 aliphatic carbocycles. The Hall–Kier alpha value is -2.09. The van der Waals surface area contributed by atoms with Crippen LogP contribution in [0.3, 0.4) is 0 Å². The maximum Gasteiger partial charge on any atom is 0.387 e. The molecular formula is C8H8N3O2+. The molecule has 1 aromatic rings. The highest BCUT2D eigenvalue weighted by Gasteiger charge is 2.09. The van der Waals surface area contributed by atoms with Gasteiger partial charge in [0.05, 0.1) is 18.9 Å². The second-order valence-electron chi connectivity index (χ2n) is 2.25. The molecule has 0 spiro atoms. The van der Waals surface area contributed by atoms with Crippen molar-refractivity contribution in [2.24, 2.45) is 0 Å². The number of diazo groups is 1. The summed E-state index contributed by atoms with van der Waals surface area (Å²) in [7, 11) is 1.49. The van der Waals surface area contributed by atoms with Gasteiger partial charge in [-0.3, -0.25) is 4.79 Å². The zero-order chi connectivity index (χ0) is 9.68. The summed E-state index contributed by atoms with van der Waals surface area (Å²) < 4.78 is 4.95. The van der Waals surface area contributed by atoms with Gasteiger partial charge in [0.1, 0.15) is 5.75 Å². The predicted molar refractivity (Wildman–Crippen MR) is 47.4 cm³/mol. The van der Waals surface area contributed by atoms with Gasteiger partial charge in [-0.25, -0.2) is 0 Å². The van der Waals surface area contributed by atoms with Crippen LogP contribution in [-0.4, -0.2) is 13.5 Å². The lowest BCUT2D eigenvalue weighted by molar-refractivity contribution is -0.105. The van der Waals surface area contributed by atoms with Crippen LogP contribution in [-0.2, 0) is 4.79 Å². The van der Waals surface area contributed by atoms with E-state index in [9.17, 15) is 4.79 Å². The summed E-state index contributed by atoms with van der Waals surface area (Å²) in [6.45, 7) is 0. The maximum atomic E-state index is 10.2. The van der Waals surface area contributed by atoms with Crippen LogP contribution in [0, 0.1) is 5.39 Å². The van der Waals surface area contributed by atoms with Crippen molar-refractivity contribution in [3.63, 3.8) is 0 Å². The lowest BCUT2D eigenvalue weighted by Gasteiger charge is -2.03. The summed E-state index contributed by atoms with van der Waals surface area (Å²) in [6.07, 6.45) is 0.527. The number of ether oxygens (including phenoxy) is 1. The van der Waals surface area contributed by atoms with E-state index in [0.717, 1.165) is 0 Å². The minimum atomic E-state index is 0.352. The lowest BCUT2D eigenvalue weighted by atomic mass is 10.2. The van der Waals surface area contributed by atoms with Crippen molar-refractivity contribution in [1.82, 2.24) is 0 Å². The predicted octanol–water partition coefficient (Wildman–Crippen LogP) is 1.75. The third kappa shape index (κ3) is 1.93. The molecule has 1 rings (SSSR count). The molecule has 0 fully saturated rings. The Kier molecular flexibility index (Phi) is 2.82. The van der Waals surface area contributed by atoms with Crippen molar-refractivity contribution in [3.8, 4) is 5.75 Å². The quantitative estimate of drug-likeness (QED) is 0.566. The Morgan fingerprint density at radius 1 is 1.62 bits per heavy atom. The highest BCUT2D eigenvalue weighted by atomic mass is 16.5. The van der Waals surface area contributed by atoms with Gasteiger partial charge in [-0.05, 0) is 6.07 Å². The molecule has 0 unspecified atom stereocenters. The van der Waals surface area contributed by atoms with E-state index in [0.29, 0.717) is 23.5 Å². The number of carbonyl (C=O) groups excluding carboxylic acids is 1. The van der Waals surface area contributed by atoms with E-state index < -0.39 is 0 Å². The van der Waals surface area contributed by atoms with Crippen molar-refractivity contribution in [3.05, 3.63) is 23.2 Å². The van der Waals surface area contributed by atoms with Crippen LogP contribution in [0.5, 0.6) is 5.75 Å². The number of rotatable bonds is 3. The van der Waals surface area contributed by atoms with Crippen molar-refractivity contribution in [1.29, 1.82) is 5.39 Å². The molecular weight excluding hydrogens is 170 g/mol. The van der Waals surface area contributed by atoms with Crippen LogP contribution < -0.4 is 10.1 Å². The Balaban J connectivity index is 3.11. The van der Waals surface area contributed by atoms with Crippen LogP contribution in [0.4, 0.5) is 11.4 Å². The van der Waals surface area contributed by atoms with Gasteiger partial charge in [0.15, 0.2) is 4.98 Å². The molecule has 0 radical (unpaired) electrons. The molecule has 0 aliphatic heterocycles. The van der Waals surface area contributed by atoms with E-state index in [2.05, 4.69) is 10.3 Å². The van der Waals surface area contributed by atoms with Crippen LogP contribution in [0.25, 0.3) is 4.98 Å². The highest BCUT2D eigenvalue weighted by molar-refractivity contribution is 5.78. The number of anilines is 1. The molecule has 1 aromatic carbocycles. The fourth-order valence-corrected chi connectivity index (χ4v) is 0.934. The van der Waals surface area contributed by atoms with Gasteiger partial charge in [0.2, 0.25) is 11.8 Å². The first kappa shape index (κ1) is 9.00. The number of nitrogens with zero attached hydrogens (tertiary/aromatic N) is 2. The minimum absolute atomic E-state index is 0.352. The Morgan fingerprint density at radius 2 is 2.38 bits per heavy atom. The van der Waals surface area contributed by atoms with E-state index in [1.54, 1.807) is 12.1 Å². The van der Waals surface area contributed by atoms with Gasteiger partial charge in [-0.15, -0.1) is 0 Å². The third-order valence-electron chi connectivity index (χ3n) is 1.51. The van der Waals surface area contributed by atoms with Crippen molar-refractivity contribution in [2.45, 2.75) is 0 Å². The first-order valence-corrected chi connectivity index (χ1v) is 3.55. The molecule has 1 N–H and O–H groups in total. The monoisotopic (exact) mass is 178 g/mol. The molecule has 0 bridgehead atoms. The van der Waals surface area contributed by atoms with Crippen molar-refractivity contribution in [2.75, 3.05) is 12.4 Å². The molecule has 13 heavy (non-hydrogen) atoms. The molecule has 5 nitrogen and oxygen atoms in total. The molecule has 0 aromatic heterocycles. The third-order valence-corrected chi connectivity index (χ3v) is 1.51. The fourth-order valence-electron chi connectivity index (χ4n) is 0.934. The average molecular weight is 178 g/mol. The number of hydrogen-bond acceptors (Lipinski definition) is 3. The largest absolute Gasteiger partial charge is 0.495 e. The Bertz CT molecular complexity index is 357. The number of carbonyl (C=O) groups is 1. The normalized spacial score (nSPS) is 8.62. The second-order valence-corrected chi connectivity index (χ2v) is 2.25. The van der Waals surface area contributed by atoms with Gasteiger partial charge >= 0.3 is 5.69 Å². The summed E-state index contributed by atoms with van der Waals surface area (Å²) in [5.41, 5.74) is 0.818. The molecule has 0 atom stereocenters. The van der Waals surface area contributed by atoms with Crippen LogP contribution >= 0.6 is 0 Å². The van der Waals surface area contributed by atoms with E-state index >= 15 is 0 Å². The van der Waals surface area contributed by atoms with E-state index in [1.807, 2.05) is 0 Å². The standard InChI is InChI=1S/C8H7N3O2/c1-13-8-3-2-6(11-9)4-7(8)10-5-12/h2-5H,1H3/p+1. The summed E-state index contributed by atoms with van der Waals surface area (Å²) in [6, 6.07) is 4.66. The molecule has 0 saturated heterocycles. The first-order chi connectivity index (χ1) is 6.31. The summed E-state index contributed by atoms with van der Waals surface area (Å²) in [4.78, 5) is 13.2. The highest BCUT2D eigenvalue weighted by Crippen LogP contribution is 2.28. The number of nitrogens with one attached hydrogen (secondary N) is 1. The molecule has 0 heterocycles. The van der Waals surface area contributed by atoms with Gasteiger partial charge < -0.3 is 10.1 Å². The Morgan fingerprint density at radius 3 is 2.92 bits per heavy atom. The number of hydrogen-bond donors (Lipinski definition) is 1. The van der Waals surface area contributed by atoms with Crippen LogP contribution in [0.15, 0.2) is 18.2 Å². The van der Waals surface area contributed by atoms with Crippen LogP contribution in [0.2, 0.25) is 0 Å². The molecule has 1 amide bonds. The van der Waals surface area contributed by atoms with Gasteiger partial charge in [-0.1, -0.05) is 0 Å². The topological polar surface area (TPSA) is 66.5 Å². The van der Waals surface area contributed by atoms with Crippen LogP contribution in [0.1, 0.15) is 0 Å². The van der Waals surface area contributed by atoms with Gasteiger partial charge in [0.25, 0.3) is 0 Å². The first-order valence-electron chi connectivity index (χ1n) is 3.55. The fraction of sp³-hybridized carbons (Fsp3) is 0.125. The molecule has 5 heteroatoms. The summed E-state index contributed by atoms with van der Waals surface area (Å²) in [5.74, 6) is 0.513. The SMILES string of the molecule is COc1ccc([N+]#N)cc1NC=O. The molecule has 66 valence electrons. The number of amides is 1. The lowest BCUT2D eigenvalue weighted by Crippen LogP contribution is -1.96.